The molecule has 6 heteroatoms. The van der Waals surface area contributed by atoms with Gasteiger partial charge in [0, 0.05) is 30.9 Å². The number of nitrogens with one attached hydrogen (secondary N) is 2. The summed E-state index contributed by atoms with van der Waals surface area (Å²) in [6.45, 7) is 3.49. The van der Waals surface area contributed by atoms with Gasteiger partial charge in [-0.3, -0.25) is 9.59 Å². The minimum absolute atomic E-state index is 0.0275. The molecule has 1 aromatic carbocycles. The van der Waals surface area contributed by atoms with E-state index in [-0.39, 0.29) is 11.8 Å². The number of benzene rings is 1. The molecule has 0 heterocycles. The van der Waals surface area contributed by atoms with E-state index in [1.54, 1.807) is 30.0 Å². The van der Waals surface area contributed by atoms with E-state index in [4.69, 9.17) is 4.74 Å². The van der Waals surface area contributed by atoms with Crippen molar-refractivity contribution in [3.8, 4) is 5.75 Å². The number of anilines is 2. The molecule has 0 unspecified atom stereocenters. The second kappa shape index (κ2) is 8.47. The van der Waals surface area contributed by atoms with Crippen molar-refractivity contribution in [3.05, 3.63) is 18.2 Å². The Balaban J connectivity index is 2.67. The van der Waals surface area contributed by atoms with Crippen LogP contribution in [-0.4, -0.2) is 30.4 Å². The third kappa shape index (κ3) is 5.52. The minimum Gasteiger partial charge on any atom is -0.494 e. The Labute approximate surface area is 123 Å². The number of thioether (sulfide) groups is 1. The van der Waals surface area contributed by atoms with Gasteiger partial charge in [-0.1, -0.05) is 6.92 Å². The molecule has 2 amide bonds. The van der Waals surface area contributed by atoms with E-state index in [1.807, 2.05) is 0 Å². The SMILES string of the molecule is CCSCCC(=O)Nc1ccc(NC(C)=O)c(OC)c1. The van der Waals surface area contributed by atoms with Gasteiger partial charge in [-0.15, -0.1) is 0 Å². The molecule has 0 radical (unpaired) electrons. The number of hydrogen-bond acceptors (Lipinski definition) is 4. The van der Waals surface area contributed by atoms with Crippen molar-refractivity contribution in [2.75, 3.05) is 29.2 Å². The van der Waals surface area contributed by atoms with E-state index >= 15 is 0 Å². The zero-order valence-electron chi connectivity index (χ0n) is 12.0. The molecule has 0 saturated heterocycles. The number of ether oxygens (including phenoxy) is 1. The van der Waals surface area contributed by atoms with Crippen LogP contribution in [0.2, 0.25) is 0 Å². The Kier molecular flexibility index (Phi) is 6.93. The van der Waals surface area contributed by atoms with Crippen molar-refractivity contribution in [1.82, 2.24) is 0 Å². The number of carbonyl (C=O) groups is 2. The van der Waals surface area contributed by atoms with Crippen LogP contribution in [0.15, 0.2) is 18.2 Å². The first-order valence-electron chi connectivity index (χ1n) is 6.40. The molecule has 5 nitrogen and oxygen atoms in total. The minimum atomic E-state index is -0.170. The van der Waals surface area contributed by atoms with Gasteiger partial charge in [-0.05, 0) is 17.9 Å². The lowest BCUT2D eigenvalue weighted by molar-refractivity contribution is -0.116. The molecule has 0 bridgehead atoms. The smallest absolute Gasteiger partial charge is 0.225 e. The standard InChI is InChI=1S/C14H20N2O3S/c1-4-20-8-7-14(18)16-11-5-6-12(15-10(2)17)13(9-11)19-3/h5-6,9H,4,7-8H2,1-3H3,(H,15,17)(H,16,18). The van der Waals surface area contributed by atoms with Gasteiger partial charge in [0.2, 0.25) is 11.8 Å². The predicted molar refractivity (Wildman–Crippen MR) is 83.5 cm³/mol. The third-order valence-corrected chi connectivity index (χ3v) is 3.37. The fourth-order valence-electron chi connectivity index (χ4n) is 1.59. The quantitative estimate of drug-likeness (QED) is 0.759. The van der Waals surface area contributed by atoms with Gasteiger partial charge in [0.05, 0.1) is 12.8 Å². The first-order valence-corrected chi connectivity index (χ1v) is 7.55. The molecule has 110 valence electrons. The molecule has 0 atom stereocenters. The van der Waals surface area contributed by atoms with E-state index in [0.29, 0.717) is 23.5 Å². The summed E-state index contributed by atoms with van der Waals surface area (Å²) >= 11 is 1.73. The van der Waals surface area contributed by atoms with Crippen molar-refractivity contribution in [3.63, 3.8) is 0 Å². The molecular formula is C14H20N2O3S. The number of hydrogen-bond donors (Lipinski definition) is 2. The summed E-state index contributed by atoms with van der Waals surface area (Å²) in [5, 5.41) is 5.48. The Morgan fingerprint density at radius 2 is 2.05 bits per heavy atom. The Hall–Kier alpha value is -1.69. The maximum absolute atomic E-state index is 11.7. The molecule has 0 aliphatic carbocycles. The monoisotopic (exact) mass is 296 g/mol. The first-order chi connectivity index (χ1) is 9.56. The number of carbonyl (C=O) groups excluding carboxylic acids is 2. The number of methoxy groups -OCH3 is 1. The largest absolute Gasteiger partial charge is 0.494 e. The highest BCUT2D eigenvalue weighted by Gasteiger charge is 2.08. The first kappa shape index (κ1) is 16.4. The molecule has 0 aliphatic rings. The number of amides is 2. The molecular weight excluding hydrogens is 276 g/mol. The summed E-state index contributed by atoms with van der Waals surface area (Å²) in [6.07, 6.45) is 0.480. The molecule has 0 saturated carbocycles. The van der Waals surface area contributed by atoms with E-state index in [2.05, 4.69) is 17.6 Å². The van der Waals surface area contributed by atoms with E-state index in [9.17, 15) is 9.59 Å². The predicted octanol–water partition coefficient (Wildman–Crippen LogP) is 2.74. The molecule has 0 aromatic heterocycles. The Morgan fingerprint density at radius 3 is 2.65 bits per heavy atom. The van der Waals surface area contributed by atoms with Crippen LogP contribution in [0.25, 0.3) is 0 Å². The van der Waals surface area contributed by atoms with Crippen LogP contribution in [0.3, 0.4) is 0 Å². The highest BCUT2D eigenvalue weighted by molar-refractivity contribution is 7.99. The lowest BCUT2D eigenvalue weighted by atomic mass is 10.2. The van der Waals surface area contributed by atoms with E-state index in [1.165, 1.54) is 14.0 Å². The molecule has 0 fully saturated rings. The normalized spacial score (nSPS) is 9.95. The van der Waals surface area contributed by atoms with Crippen molar-refractivity contribution >= 4 is 35.0 Å². The van der Waals surface area contributed by atoms with Crippen molar-refractivity contribution in [2.45, 2.75) is 20.3 Å². The molecule has 1 aromatic rings. The third-order valence-electron chi connectivity index (χ3n) is 2.47. The summed E-state index contributed by atoms with van der Waals surface area (Å²) in [5.74, 6) is 2.13. The van der Waals surface area contributed by atoms with Gasteiger partial charge in [0.25, 0.3) is 0 Å². The fraction of sp³-hybridized carbons (Fsp3) is 0.429. The number of rotatable bonds is 7. The summed E-state index contributed by atoms with van der Waals surface area (Å²) < 4.78 is 5.20. The average Bonchev–Trinajstić information content (AvgIpc) is 2.40. The summed E-state index contributed by atoms with van der Waals surface area (Å²) in [5.41, 5.74) is 1.24. The van der Waals surface area contributed by atoms with E-state index < -0.39 is 0 Å². The van der Waals surface area contributed by atoms with Crippen LogP contribution in [-0.2, 0) is 9.59 Å². The van der Waals surface area contributed by atoms with E-state index in [0.717, 1.165) is 11.5 Å². The second-order valence-electron chi connectivity index (χ2n) is 4.09. The summed E-state index contributed by atoms with van der Waals surface area (Å²) in [4.78, 5) is 22.8. The van der Waals surface area contributed by atoms with Gasteiger partial charge in [-0.2, -0.15) is 11.8 Å². The zero-order chi connectivity index (χ0) is 15.0. The molecule has 0 spiro atoms. The maximum atomic E-state index is 11.7. The highest BCUT2D eigenvalue weighted by atomic mass is 32.2. The van der Waals surface area contributed by atoms with Gasteiger partial charge in [0.15, 0.2) is 0 Å². The molecule has 2 N–H and O–H groups in total. The van der Waals surface area contributed by atoms with Crippen molar-refractivity contribution in [2.24, 2.45) is 0 Å². The van der Waals surface area contributed by atoms with Crippen molar-refractivity contribution < 1.29 is 14.3 Å². The zero-order valence-corrected chi connectivity index (χ0v) is 12.8. The summed E-state index contributed by atoms with van der Waals surface area (Å²) in [7, 11) is 1.52. The van der Waals surface area contributed by atoms with Crippen LogP contribution >= 0.6 is 11.8 Å². The molecule has 1 rings (SSSR count). The lowest BCUT2D eigenvalue weighted by Crippen LogP contribution is -2.13. The average molecular weight is 296 g/mol. The van der Waals surface area contributed by atoms with Gasteiger partial charge in [0.1, 0.15) is 5.75 Å². The Morgan fingerprint density at radius 1 is 1.30 bits per heavy atom. The fourth-order valence-corrected chi connectivity index (χ4v) is 2.21. The Bertz CT molecular complexity index is 477. The molecule has 0 aliphatic heterocycles. The lowest BCUT2D eigenvalue weighted by Gasteiger charge is -2.11. The van der Waals surface area contributed by atoms with Crippen LogP contribution in [0.5, 0.6) is 5.75 Å². The second-order valence-corrected chi connectivity index (χ2v) is 5.49. The molecule has 20 heavy (non-hydrogen) atoms. The van der Waals surface area contributed by atoms with Crippen LogP contribution in [0.1, 0.15) is 20.3 Å². The van der Waals surface area contributed by atoms with Crippen molar-refractivity contribution in [1.29, 1.82) is 0 Å². The summed E-state index contributed by atoms with van der Waals surface area (Å²) in [6, 6.07) is 5.13. The van der Waals surface area contributed by atoms with Crippen LogP contribution in [0, 0.1) is 0 Å². The van der Waals surface area contributed by atoms with Gasteiger partial charge >= 0.3 is 0 Å². The topological polar surface area (TPSA) is 67.4 Å². The van der Waals surface area contributed by atoms with Crippen LogP contribution in [0.4, 0.5) is 11.4 Å². The van der Waals surface area contributed by atoms with Crippen LogP contribution < -0.4 is 15.4 Å². The highest BCUT2D eigenvalue weighted by Crippen LogP contribution is 2.28. The van der Waals surface area contributed by atoms with Gasteiger partial charge in [-0.25, -0.2) is 0 Å². The maximum Gasteiger partial charge on any atom is 0.225 e. The van der Waals surface area contributed by atoms with Gasteiger partial charge < -0.3 is 15.4 Å².